The van der Waals surface area contributed by atoms with Gasteiger partial charge in [0.25, 0.3) is 0 Å². The fourth-order valence-electron chi connectivity index (χ4n) is 1.29. The highest BCUT2D eigenvalue weighted by Crippen LogP contribution is 2.00. The van der Waals surface area contributed by atoms with Crippen molar-refractivity contribution in [3.8, 4) is 0 Å². The molecule has 76 valence electrons. The van der Waals surface area contributed by atoms with Crippen LogP contribution in [-0.2, 0) is 6.42 Å². The van der Waals surface area contributed by atoms with Crippen LogP contribution in [0.1, 0.15) is 5.56 Å². The summed E-state index contributed by atoms with van der Waals surface area (Å²) in [6.07, 6.45) is 3.93. The SMILES string of the molecule is c1ccc(CCNc2ncncn2)cc1. The number of hydrogen-bond acceptors (Lipinski definition) is 4. The van der Waals surface area contributed by atoms with Crippen LogP contribution < -0.4 is 5.32 Å². The normalized spacial score (nSPS) is 9.87. The Kier molecular flexibility index (Phi) is 3.22. The van der Waals surface area contributed by atoms with Crippen molar-refractivity contribution in [1.29, 1.82) is 0 Å². The molecule has 1 aromatic carbocycles. The summed E-state index contributed by atoms with van der Waals surface area (Å²) in [5, 5.41) is 3.13. The van der Waals surface area contributed by atoms with Gasteiger partial charge in [-0.2, -0.15) is 0 Å². The third-order valence-electron chi connectivity index (χ3n) is 2.03. The van der Waals surface area contributed by atoms with Crippen LogP contribution in [0.25, 0.3) is 0 Å². The molecule has 0 radical (unpaired) electrons. The van der Waals surface area contributed by atoms with Gasteiger partial charge in [0.1, 0.15) is 12.7 Å². The number of rotatable bonds is 4. The zero-order valence-corrected chi connectivity index (χ0v) is 8.30. The maximum atomic E-state index is 3.98. The van der Waals surface area contributed by atoms with Gasteiger partial charge >= 0.3 is 0 Å². The molecule has 0 saturated heterocycles. The molecular formula is C11H12N4. The number of nitrogens with zero attached hydrogens (tertiary/aromatic N) is 3. The predicted molar refractivity (Wildman–Crippen MR) is 58.5 cm³/mol. The molecule has 0 unspecified atom stereocenters. The number of aromatic nitrogens is 3. The molecule has 0 saturated carbocycles. The van der Waals surface area contributed by atoms with Crippen molar-refractivity contribution < 1.29 is 0 Å². The van der Waals surface area contributed by atoms with Crippen LogP contribution in [0.3, 0.4) is 0 Å². The second kappa shape index (κ2) is 5.05. The Balaban J connectivity index is 1.81. The van der Waals surface area contributed by atoms with Gasteiger partial charge in [-0.25, -0.2) is 15.0 Å². The van der Waals surface area contributed by atoms with Gasteiger partial charge in [-0.05, 0) is 12.0 Å². The molecule has 4 heteroatoms. The summed E-state index contributed by atoms with van der Waals surface area (Å²) in [5.74, 6) is 0.626. The van der Waals surface area contributed by atoms with Crippen molar-refractivity contribution >= 4 is 5.95 Å². The van der Waals surface area contributed by atoms with Crippen LogP contribution in [0.15, 0.2) is 43.0 Å². The van der Waals surface area contributed by atoms with Gasteiger partial charge in [-0.3, -0.25) is 0 Å². The summed E-state index contributed by atoms with van der Waals surface area (Å²) in [7, 11) is 0. The van der Waals surface area contributed by atoms with Crippen LogP contribution >= 0.6 is 0 Å². The average Bonchev–Trinajstić information content (AvgIpc) is 2.32. The summed E-state index contributed by atoms with van der Waals surface area (Å²) in [5.41, 5.74) is 1.30. The largest absolute Gasteiger partial charge is 0.354 e. The Morgan fingerprint density at radius 1 is 1.00 bits per heavy atom. The molecule has 15 heavy (non-hydrogen) atoms. The van der Waals surface area contributed by atoms with E-state index >= 15 is 0 Å². The lowest BCUT2D eigenvalue weighted by molar-refractivity contribution is 0.962. The maximum Gasteiger partial charge on any atom is 0.225 e. The molecule has 0 aliphatic carbocycles. The molecular weight excluding hydrogens is 188 g/mol. The van der Waals surface area contributed by atoms with Crippen molar-refractivity contribution in [3.63, 3.8) is 0 Å². The summed E-state index contributed by atoms with van der Waals surface area (Å²) in [6.45, 7) is 0.827. The first kappa shape index (κ1) is 9.58. The van der Waals surface area contributed by atoms with Gasteiger partial charge in [0.15, 0.2) is 0 Å². The van der Waals surface area contributed by atoms with E-state index < -0.39 is 0 Å². The van der Waals surface area contributed by atoms with Crippen LogP contribution in [-0.4, -0.2) is 21.5 Å². The third kappa shape index (κ3) is 3.02. The van der Waals surface area contributed by atoms with Gasteiger partial charge in [0, 0.05) is 6.54 Å². The fraction of sp³-hybridized carbons (Fsp3) is 0.182. The second-order valence-corrected chi connectivity index (χ2v) is 3.12. The molecule has 0 fully saturated rings. The van der Waals surface area contributed by atoms with Crippen LogP contribution in [0, 0.1) is 0 Å². The van der Waals surface area contributed by atoms with Crippen LogP contribution in [0.5, 0.6) is 0 Å². The van der Waals surface area contributed by atoms with Gasteiger partial charge < -0.3 is 5.32 Å². The molecule has 0 atom stereocenters. The minimum absolute atomic E-state index is 0.626. The first-order valence-electron chi connectivity index (χ1n) is 4.85. The summed E-state index contributed by atoms with van der Waals surface area (Å²) in [4.78, 5) is 11.7. The number of hydrogen-bond donors (Lipinski definition) is 1. The van der Waals surface area contributed by atoms with E-state index in [4.69, 9.17) is 0 Å². The predicted octanol–water partition coefficient (Wildman–Crippen LogP) is 1.53. The zero-order chi connectivity index (χ0) is 10.3. The Morgan fingerprint density at radius 3 is 2.47 bits per heavy atom. The second-order valence-electron chi connectivity index (χ2n) is 3.12. The lowest BCUT2D eigenvalue weighted by atomic mass is 10.1. The smallest absolute Gasteiger partial charge is 0.225 e. The molecule has 0 aliphatic rings. The Morgan fingerprint density at radius 2 is 1.73 bits per heavy atom. The highest BCUT2D eigenvalue weighted by Gasteiger charge is 1.94. The Bertz CT molecular complexity index is 348. The first-order valence-corrected chi connectivity index (χ1v) is 4.85. The van der Waals surface area contributed by atoms with E-state index in [0.29, 0.717) is 5.95 Å². The Hall–Kier alpha value is -1.97. The fourth-order valence-corrected chi connectivity index (χ4v) is 1.29. The van der Waals surface area contributed by atoms with Crippen molar-refractivity contribution in [1.82, 2.24) is 15.0 Å². The molecule has 2 rings (SSSR count). The standard InChI is InChI=1S/C11H12N4/c1-2-4-10(5-3-1)6-7-13-11-14-8-12-9-15-11/h1-5,8-9H,6-7H2,(H,12,13,14,15). The molecule has 1 aromatic heterocycles. The molecule has 0 aliphatic heterocycles. The minimum Gasteiger partial charge on any atom is -0.354 e. The zero-order valence-electron chi connectivity index (χ0n) is 8.30. The molecule has 1 heterocycles. The van der Waals surface area contributed by atoms with Crippen LogP contribution in [0.4, 0.5) is 5.95 Å². The van der Waals surface area contributed by atoms with E-state index in [1.165, 1.54) is 18.2 Å². The van der Waals surface area contributed by atoms with Crippen LogP contribution in [0.2, 0.25) is 0 Å². The maximum absolute atomic E-state index is 3.98. The summed E-state index contributed by atoms with van der Waals surface area (Å²) in [6, 6.07) is 10.3. The van der Waals surface area contributed by atoms with Crippen molar-refractivity contribution in [3.05, 3.63) is 48.5 Å². The van der Waals surface area contributed by atoms with Gasteiger partial charge in [0.05, 0.1) is 0 Å². The van der Waals surface area contributed by atoms with E-state index in [1.807, 2.05) is 18.2 Å². The van der Waals surface area contributed by atoms with E-state index in [1.54, 1.807) is 0 Å². The lowest BCUT2D eigenvalue weighted by Crippen LogP contribution is -2.07. The first-order chi connectivity index (χ1) is 7.45. The highest BCUT2D eigenvalue weighted by molar-refractivity contribution is 5.22. The highest BCUT2D eigenvalue weighted by atomic mass is 15.1. The number of benzene rings is 1. The summed E-state index contributed by atoms with van der Waals surface area (Å²) >= 11 is 0. The van der Waals surface area contributed by atoms with Gasteiger partial charge in [-0.15, -0.1) is 0 Å². The Labute approximate surface area is 88.4 Å². The lowest BCUT2D eigenvalue weighted by Gasteiger charge is -2.03. The topological polar surface area (TPSA) is 50.7 Å². The molecule has 0 amide bonds. The molecule has 0 bridgehead atoms. The monoisotopic (exact) mass is 200 g/mol. The van der Waals surface area contributed by atoms with Gasteiger partial charge in [0.2, 0.25) is 5.95 Å². The molecule has 2 aromatic rings. The third-order valence-corrected chi connectivity index (χ3v) is 2.03. The van der Waals surface area contributed by atoms with E-state index in [2.05, 4.69) is 32.4 Å². The van der Waals surface area contributed by atoms with Crippen molar-refractivity contribution in [2.45, 2.75) is 6.42 Å². The molecule has 4 nitrogen and oxygen atoms in total. The molecule has 0 spiro atoms. The van der Waals surface area contributed by atoms with E-state index in [9.17, 15) is 0 Å². The number of anilines is 1. The van der Waals surface area contributed by atoms with Crippen molar-refractivity contribution in [2.24, 2.45) is 0 Å². The molecule has 1 N–H and O–H groups in total. The quantitative estimate of drug-likeness (QED) is 0.813. The average molecular weight is 200 g/mol. The van der Waals surface area contributed by atoms with Gasteiger partial charge in [-0.1, -0.05) is 30.3 Å². The minimum atomic E-state index is 0.626. The number of nitrogens with one attached hydrogen (secondary N) is 1. The van der Waals surface area contributed by atoms with E-state index in [0.717, 1.165) is 13.0 Å². The van der Waals surface area contributed by atoms with Crippen molar-refractivity contribution in [2.75, 3.05) is 11.9 Å². The summed E-state index contributed by atoms with van der Waals surface area (Å²) < 4.78 is 0. The van der Waals surface area contributed by atoms with E-state index in [-0.39, 0.29) is 0 Å².